The van der Waals surface area contributed by atoms with Crippen LogP contribution in [0.3, 0.4) is 0 Å². The van der Waals surface area contributed by atoms with Gasteiger partial charge in [0.15, 0.2) is 0 Å². The van der Waals surface area contributed by atoms with Gasteiger partial charge in [0, 0.05) is 22.3 Å². The van der Waals surface area contributed by atoms with Crippen molar-refractivity contribution in [2.45, 2.75) is 26.7 Å². The van der Waals surface area contributed by atoms with Gasteiger partial charge in [-0.3, -0.25) is 0 Å². The molecule has 2 rings (SSSR count). The van der Waals surface area contributed by atoms with Crippen LogP contribution in [-0.4, -0.2) is 12.4 Å². The van der Waals surface area contributed by atoms with E-state index in [9.17, 15) is 4.79 Å². The third-order valence-electron chi connectivity index (χ3n) is 3.42. The first-order valence-electron chi connectivity index (χ1n) is 6.17. The van der Waals surface area contributed by atoms with Crippen LogP contribution in [-0.2, 0) is 0 Å². The van der Waals surface area contributed by atoms with E-state index >= 15 is 0 Å². The highest BCUT2D eigenvalue weighted by atomic mass is 79.9. The maximum Gasteiger partial charge on any atom is 0.336 e. The minimum Gasteiger partial charge on any atom is -0.496 e. The molecule has 0 saturated heterocycles. The summed E-state index contributed by atoms with van der Waals surface area (Å²) >= 11 is 3.50. The lowest BCUT2D eigenvalue weighted by Gasteiger charge is -2.17. The number of fused-ring (bicyclic) bond motifs is 1. The number of alkyl halides is 1. The number of ether oxygens (including phenoxy) is 1. The average molecular weight is 325 g/mol. The summed E-state index contributed by atoms with van der Waals surface area (Å²) in [6.07, 6.45) is 0. The molecule has 0 spiro atoms. The van der Waals surface area contributed by atoms with Crippen LogP contribution in [0.25, 0.3) is 11.0 Å². The van der Waals surface area contributed by atoms with Crippen molar-refractivity contribution in [2.24, 2.45) is 0 Å². The van der Waals surface area contributed by atoms with E-state index < -0.39 is 0 Å². The molecule has 0 aliphatic rings. The smallest absolute Gasteiger partial charge is 0.336 e. The van der Waals surface area contributed by atoms with Crippen LogP contribution in [0.4, 0.5) is 0 Å². The number of halogens is 1. The van der Waals surface area contributed by atoms with E-state index in [1.165, 1.54) is 6.07 Å². The molecule has 1 atom stereocenters. The standard InChI is InChI=1S/C15H17BrO3/c1-8-5-13(17)19-15-10(3)14(18-4)12(6-11(8)15)9(2)7-16/h5-6,9H,7H2,1-4H3. The quantitative estimate of drug-likeness (QED) is 0.634. The molecule has 0 aliphatic carbocycles. The van der Waals surface area contributed by atoms with Crippen molar-refractivity contribution in [2.75, 3.05) is 12.4 Å². The highest BCUT2D eigenvalue weighted by Gasteiger charge is 2.18. The van der Waals surface area contributed by atoms with Crippen molar-refractivity contribution in [3.05, 3.63) is 39.2 Å². The molecule has 0 fully saturated rings. The minimum absolute atomic E-state index is 0.323. The van der Waals surface area contributed by atoms with Crippen LogP contribution in [0, 0.1) is 13.8 Å². The van der Waals surface area contributed by atoms with Gasteiger partial charge in [-0.05, 0) is 37.0 Å². The molecule has 2 aromatic rings. The summed E-state index contributed by atoms with van der Waals surface area (Å²) in [6, 6.07) is 3.59. The SMILES string of the molecule is COc1c(C(C)CBr)cc2c(C)cc(=O)oc2c1C. The Hall–Kier alpha value is -1.29. The normalized spacial score (nSPS) is 12.7. The van der Waals surface area contributed by atoms with Gasteiger partial charge >= 0.3 is 5.63 Å². The number of aryl methyl sites for hydroxylation is 2. The Kier molecular flexibility index (Phi) is 3.99. The maximum absolute atomic E-state index is 11.5. The van der Waals surface area contributed by atoms with E-state index in [2.05, 4.69) is 28.9 Å². The fourth-order valence-corrected chi connectivity index (χ4v) is 2.69. The zero-order valence-electron chi connectivity index (χ0n) is 11.5. The van der Waals surface area contributed by atoms with Crippen LogP contribution in [0.1, 0.15) is 29.5 Å². The molecule has 0 amide bonds. The average Bonchev–Trinajstić information content (AvgIpc) is 2.38. The van der Waals surface area contributed by atoms with Crippen molar-refractivity contribution in [1.29, 1.82) is 0 Å². The van der Waals surface area contributed by atoms with Gasteiger partial charge in [-0.2, -0.15) is 0 Å². The predicted molar refractivity (Wildman–Crippen MR) is 80.7 cm³/mol. The number of hydrogen-bond acceptors (Lipinski definition) is 3. The molecule has 0 bridgehead atoms. The molecule has 1 unspecified atom stereocenters. The Morgan fingerprint density at radius 3 is 2.63 bits per heavy atom. The van der Waals surface area contributed by atoms with E-state index in [1.807, 2.05) is 13.8 Å². The Balaban J connectivity index is 2.89. The molecular formula is C15H17BrO3. The summed E-state index contributed by atoms with van der Waals surface area (Å²) in [4.78, 5) is 11.5. The monoisotopic (exact) mass is 324 g/mol. The number of hydrogen-bond donors (Lipinski definition) is 0. The van der Waals surface area contributed by atoms with Crippen LogP contribution in [0.5, 0.6) is 5.75 Å². The Morgan fingerprint density at radius 2 is 2.05 bits per heavy atom. The Bertz CT molecular complexity index is 673. The summed E-state index contributed by atoms with van der Waals surface area (Å²) in [6.45, 7) is 5.98. The summed E-state index contributed by atoms with van der Waals surface area (Å²) in [5.41, 5.74) is 3.23. The molecule has 0 N–H and O–H groups in total. The fraction of sp³-hybridized carbons (Fsp3) is 0.400. The number of rotatable bonds is 3. The first kappa shape index (κ1) is 14.1. The first-order chi connectivity index (χ1) is 8.99. The van der Waals surface area contributed by atoms with Crippen molar-refractivity contribution < 1.29 is 9.15 Å². The molecule has 0 aliphatic heterocycles. The van der Waals surface area contributed by atoms with Crippen LogP contribution in [0.15, 0.2) is 21.3 Å². The van der Waals surface area contributed by atoms with E-state index in [1.54, 1.807) is 7.11 Å². The lowest BCUT2D eigenvalue weighted by molar-refractivity contribution is 0.403. The van der Waals surface area contributed by atoms with Gasteiger partial charge in [-0.15, -0.1) is 0 Å². The maximum atomic E-state index is 11.5. The van der Waals surface area contributed by atoms with Crippen LogP contribution in [0.2, 0.25) is 0 Å². The molecule has 0 saturated carbocycles. The van der Waals surface area contributed by atoms with E-state index in [0.29, 0.717) is 11.5 Å². The van der Waals surface area contributed by atoms with Gasteiger partial charge in [0.25, 0.3) is 0 Å². The van der Waals surface area contributed by atoms with Crippen molar-refractivity contribution in [3.8, 4) is 5.75 Å². The third kappa shape index (κ3) is 2.41. The largest absolute Gasteiger partial charge is 0.496 e. The molecule has 102 valence electrons. The second-order valence-corrected chi connectivity index (χ2v) is 5.45. The van der Waals surface area contributed by atoms with E-state index in [-0.39, 0.29) is 5.63 Å². The van der Waals surface area contributed by atoms with Gasteiger partial charge < -0.3 is 9.15 Å². The van der Waals surface area contributed by atoms with Gasteiger partial charge in [0.05, 0.1) is 7.11 Å². The number of benzene rings is 1. The Morgan fingerprint density at radius 1 is 1.37 bits per heavy atom. The summed E-state index contributed by atoms with van der Waals surface area (Å²) in [5.74, 6) is 1.12. The van der Waals surface area contributed by atoms with Crippen molar-refractivity contribution in [1.82, 2.24) is 0 Å². The lowest BCUT2D eigenvalue weighted by Crippen LogP contribution is -2.04. The van der Waals surface area contributed by atoms with Gasteiger partial charge in [0.1, 0.15) is 11.3 Å². The topological polar surface area (TPSA) is 39.4 Å². The fourth-order valence-electron chi connectivity index (χ4n) is 2.34. The van der Waals surface area contributed by atoms with Crippen LogP contribution < -0.4 is 10.4 Å². The molecular weight excluding hydrogens is 308 g/mol. The predicted octanol–water partition coefficient (Wildman–Crippen LogP) is 3.92. The molecule has 1 aromatic heterocycles. The van der Waals surface area contributed by atoms with Crippen LogP contribution >= 0.6 is 15.9 Å². The zero-order valence-corrected chi connectivity index (χ0v) is 13.1. The molecule has 3 nitrogen and oxygen atoms in total. The van der Waals surface area contributed by atoms with E-state index in [4.69, 9.17) is 9.15 Å². The second kappa shape index (κ2) is 5.37. The van der Waals surface area contributed by atoms with Crippen molar-refractivity contribution >= 4 is 26.9 Å². The first-order valence-corrected chi connectivity index (χ1v) is 7.29. The summed E-state index contributed by atoms with van der Waals surface area (Å²) in [5, 5.41) is 1.82. The highest BCUT2D eigenvalue weighted by Crippen LogP contribution is 2.36. The molecule has 1 heterocycles. The van der Waals surface area contributed by atoms with E-state index in [0.717, 1.165) is 33.2 Å². The third-order valence-corrected chi connectivity index (χ3v) is 4.39. The van der Waals surface area contributed by atoms with Gasteiger partial charge in [0.2, 0.25) is 0 Å². The van der Waals surface area contributed by atoms with Gasteiger partial charge in [-0.25, -0.2) is 4.79 Å². The highest BCUT2D eigenvalue weighted by molar-refractivity contribution is 9.09. The van der Waals surface area contributed by atoms with Gasteiger partial charge in [-0.1, -0.05) is 22.9 Å². The van der Waals surface area contributed by atoms with Crippen molar-refractivity contribution in [3.63, 3.8) is 0 Å². The summed E-state index contributed by atoms with van der Waals surface area (Å²) < 4.78 is 10.8. The lowest BCUT2D eigenvalue weighted by atomic mass is 9.95. The number of methoxy groups -OCH3 is 1. The minimum atomic E-state index is -0.323. The second-order valence-electron chi connectivity index (χ2n) is 4.80. The zero-order chi connectivity index (χ0) is 14.2. The molecule has 1 aromatic carbocycles. The molecule has 0 radical (unpaired) electrons. The molecule has 19 heavy (non-hydrogen) atoms. The summed E-state index contributed by atoms with van der Waals surface area (Å²) in [7, 11) is 1.65. The molecule has 4 heteroatoms. The Labute approximate surface area is 120 Å².